The number of methoxy groups -OCH3 is 1. The van der Waals surface area contributed by atoms with E-state index in [1.807, 2.05) is 0 Å². The van der Waals surface area contributed by atoms with E-state index in [1.54, 1.807) is 48.5 Å². The monoisotopic (exact) mass is 415 g/mol. The second kappa shape index (κ2) is 8.16. The maximum atomic E-state index is 12.9. The molecule has 2 N–H and O–H groups in total. The number of benzene rings is 3. The molecular weight excluding hydrogens is 398 g/mol. The van der Waals surface area contributed by atoms with Gasteiger partial charge >= 0.3 is 5.97 Å². The predicted octanol–water partition coefficient (Wildman–Crippen LogP) is 4.62. The minimum Gasteiger partial charge on any atom is -0.493 e. The van der Waals surface area contributed by atoms with E-state index in [4.69, 9.17) is 14.3 Å². The van der Waals surface area contributed by atoms with Crippen LogP contribution >= 0.6 is 0 Å². The zero-order chi connectivity index (χ0) is 22.0. The number of fused-ring (bicyclic) bond motifs is 1. The van der Waals surface area contributed by atoms with Crippen molar-refractivity contribution in [2.45, 2.75) is 0 Å². The smallest absolute Gasteiger partial charge is 0.335 e. The number of anilines is 1. The van der Waals surface area contributed by atoms with Crippen LogP contribution in [-0.4, -0.2) is 29.9 Å². The van der Waals surface area contributed by atoms with Gasteiger partial charge in [-0.05, 0) is 36.4 Å². The number of carbonyl (C=O) groups excluding carboxylic acids is 2. The van der Waals surface area contributed by atoms with Crippen molar-refractivity contribution in [3.8, 4) is 5.75 Å². The summed E-state index contributed by atoms with van der Waals surface area (Å²) < 4.78 is 11.1. The van der Waals surface area contributed by atoms with Crippen LogP contribution in [0.5, 0.6) is 5.75 Å². The van der Waals surface area contributed by atoms with Gasteiger partial charge in [0.2, 0.25) is 5.78 Å². The number of furan rings is 1. The molecule has 0 spiro atoms. The lowest BCUT2D eigenvalue weighted by Gasteiger charge is -2.08. The van der Waals surface area contributed by atoms with Crippen molar-refractivity contribution in [1.82, 2.24) is 0 Å². The highest BCUT2D eigenvalue weighted by Gasteiger charge is 2.21. The first kappa shape index (κ1) is 19.9. The number of ether oxygens (including phenoxy) is 1. The van der Waals surface area contributed by atoms with Crippen molar-refractivity contribution >= 4 is 34.3 Å². The lowest BCUT2D eigenvalue weighted by molar-refractivity contribution is 0.0696. The van der Waals surface area contributed by atoms with Crippen LogP contribution in [0.2, 0.25) is 0 Å². The number of ketones is 1. The number of rotatable bonds is 6. The third-order valence-corrected chi connectivity index (χ3v) is 4.74. The third-order valence-electron chi connectivity index (χ3n) is 4.74. The molecule has 0 saturated heterocycles. The zero-order valence-electron chi connectivity index (χ0n) is 16.4. The van der Waals surface area contributed by atoms with E-state index in [9.17, 15) is 14.4 Å². The minimum absolute atomic E-state index is 0.0525. The van der Waals surface area contributed by atoms with Gasteiger partial charge in [0.05, 0.1) is 18.2 Å². The second-order valence-corrected chi connectivity index (χ2v) is 6.70. The van der Waals surface area contributed by atoms with Crippen LogP contribution in [0.1, 0.15) is 36.8 Å². The molecule has 0 saturated carbocycles. The summed E-state index contributed by atoms with van der Waals surface area (Å²) in [4.78, 5) is 36.9. The van der Waals surface area contributed by atoms with E-state index in [0.29, 0.717) is 22.4 Å². The van der Waals surface area contributed by atoms with Gasteiger partial charge in [0.15, 0.2) is 17.1 Å². The van der Waals surface area contributed by atoms with Gasteiger partial charge in [-0.25, -0.2) is 4.79 Å². The summed E-state index contributed by atoms with van der Waals surface area (Å²) in [6.07, 6.45) is 0. The largest absolute Gasteiger partial charge is 0.493 e. The van der Waals surface area contributed by atoms with E-state index in [2.05, 4.69) is 5.32 Å². The molecule has 0 radical (unpaired) electrons. The van der Waals surface area contributed by atoms with Crippen LogP contribution in [0.25, 0.3) is 11.0 Å². The van der Waals surface area contributed by atoms with Crippen molar-refractivity contribution < 1.29 is 28.6 Å². The van der Waals surface area contributed by atoms with Crippen LogP contribution in [0.4, 0.5) is 5.69 Å². The van der Waals surface area contributed by atoms with Gasteiger partial charge in [-0.15, -0.1) is 0 Å². The summed E-state index contributed by atoms with van der Waals surface area (Å²) in [6, 6.07) is 19.2. The molecule has 154 valence electrons. The van der Waals surface area contributed by atoms with Crippen molar-refractivity contribution in [3.63, 3.8) is 0 Å². The lowest BCUT2D eigenvalue weighted by atomic mass is 10.1. The first-order valence-electron chi connectivity index (χ1n) is 9.33. The molecule has 31 heavy (non-hydrogen) atoms. The Hall–Kier alpha value is -4.39. The molecule has 4 aromatic rings. The highest BCUT2D eigenvalue weighted by atomic mass is 16.5. The van der Waals surface area contributed by atoms with Gasteiger partial charge in [0.1, 0.15) is 0 Å². The molecule has 0 fully saturated rings. The van der Waals surface area contributed by atoms with Gasteiger partial charge < -0.3 is 19.6 Å². The van der Waals surface area contributed by atoms with Crippen molar-refractivity contribution in [1.29, 1.82) is 0 Å². The van der Waals surface area contributed by atoms with Gasteiger partial charge in [0.25, 0.3) is 5.91 Å². The molecule has 1 amide bonds. The third kappa shape index (κ3) is 3.89. The number of carbonyl (C=O) groups is 3. The quantitative estimate of drug-likeness (QED) is 0.445. The van der Waals surface area contributed by atoms with Crippen molar-refractivity contribution in [3.05, 3.63) is 95.2 Å². The second-order valence-electron chi connectivity index (χ2n) is 6.70. The van der Waals surface area contributed by atoms with E-state index < -0.39 is 11.9 Å². The highest BCUT2D eigenvalue weighted by molar-refractivity contribution is 6.16. The molecule has 1 heterocycles. The van der Waals surface area contributed by atoms with E-state index >= 15 is 0 Å². The number of amides is 1. The Bertz CT molecular complexity index is 1310. The van der Waals surface area contributed by atoms with Crippen molar-refractivity contribution in [2.75, 3.05) is 12.4 Å². The summed E-state index contributed by atoms with van der Waals surface area (Å²) >= 11 is 0. The lowest BCUT2D eigenvalue weighted by Crippen LogP contribution is -2.12. The molecule has 0 aliphatic carbocycles. The van der Waals surface area contributed by atoms with E-state index in [-0.39, 0.29) is 28.3 Å². The molecule has 1 aromatic heterocycles. The van der Waals surface area contributed by atoms with E-state index in [0.717, 1.165) is 0 Å². The van der Waals surface area contributed by atoms with Crippen LogP contribution in [0.15, 0.2) is 77.2 Å². The molecule has 7 nitrogen and oxygen atoms in total. The zero-order valence-corrected chi connectivity index (χ0v) is 16.4. The number of hydrogen-bond acceptors (Lipinski definition) is 5. The van der Waals surface area contributed by atoms with Crippen LogP contribution in [0, 0.1) is 0 Å². The fourth-order valence-electron chi connectivity index (χ4n) is 3.23. The number of nitrogens with one attached hydrogen (secondary N) is 1. The molecule has 0 aliphatic rings. The Morgan fingerprint density at radius 3 is 2.35 bits per heavy atom. The normalized spacial score (nSPS) is 10.6. The van der Waals surface area contributed by atoms with Crippen LogP contribution in [-0.2, 0) is 0 Å². The summed E-state index contributed by atoms with van der Waals surface area (Å²) in [7, 11) is 1.47. The van der Waals surface area contributed by atoms with Crippen molar-refractivity contribution in [2.24, 2.45) is 0 Å². The van der Waals surface area contributed by atoms with Crippen LogP contribution in [0.3, 0.4) is 0 Å². The summed E-state index contributed by atoms with van der Waals surface area (Å²) in [5.41, 5.74) is 1.37. The Kier molecular flexibility index (Phi) is 5.24. The maximum Gasteiger partial charge on any atom is 0.335 e. The highest BCUT2D eigenvalue weighted by Crippen LogP contribution is 2.33. The summed E-state index contributed by atoms with van der Waals surface area (Å²) in [6.45, 7) is 0. The minimum atomic E-state index is -1.10. The Labute approximate surface area is 176 Å². The molecule has 0 bridgehead atoms. The standard InChI is InChI=1S/C24H17NO6/c1-30-19-11-10-17(23(27)25-16-9-5-8-15(12-16)24(28)29)18-13-20(31-22(18)19)21(26)14-6-3-2-4-7-14/h2-13H,1H3,(H,25,27)(H,28,29). The molecule has 4 rings (SSSR count). The van der Waals surface area contributed by atoms with Gasteiger partial charge in [0, 0.05) is 16.6 Å². The van der Waals surface area contributed by atoms with Crippen LogP contribution < -0.4 is 10.1 Å². The average Bonchev–Trinajstić information content (AvgIpc) is 3.24. The molecule has 3 aromatic carbocycles. The Morgan fingerprint density at radius 2 is 1.65 bits per heavy atom. The Morgan fingerprint density at radius 1 is 0.903 bits per heavy atom. The Balaban J connectivity index is 1.73. The predicted molar refractivity (Wildman–Crippen MR) is 114 cm³/mol. The molecular formula is C24H17NO6. The van der Waals surface area contributed by atoms with Gasteiger partial charge in [-0.3, -0.25) is 9.59 Å². The van der Waals surface area contributed by atoms with Gasteiger partial charge in [-0.2, -0.15) is 0 Å². The molecule has 0 aliphatic heterocycles. The fourth-order valence-corrected chi connectivity index (χ4v) is 3.23. The number of carboxylic acid groups (broad SMARTS) is 1. The summed E-state index contributed by atoms with van der Waals surface area (Å²) in [5, 5.41) is 12.2. The SMILES string of the molecule is COc1ccc(C(=O)Nc2cccc(C(=O)O)c2)c2cc(C(=O)c3ccccc3)oc12. The first-order chi connectivity index (χ1) is 15.0. The number of hydrogen-bond donors (Lipinski definition) is 2. The van der Waals surface area contributed by atoms with E-state index in [1.165, 1.54) is 31.4 Å². The average molecular weight is 415 g/mol. The maximum absolute atomic E-state index is 12.9. The topological polar surface area (TPSA) is 106 Å². The number of carboxylic acids is 1. The molecule has 7 heteroatoms. The van der Waals surface area contributed by atoms with Gasteiger partial charge in [-0.1, -0.05) is 36.4 Å². The first-order valence-corrected chi connectivity index (χ1v) is 9.33. The molecule has 0 unspecified atom stereocenters. The molecule has 0 atom stereocenters. The summed E-state index contributed by atoms with van der Waals surface area (Å²) in [5.74, 6) is -1.44. The fraction of sp³-hybridized carbons (Fsp3) is 0.0417. The number of aromatic carboxylic acids is 1.